The van der Waals surface area contributed by atoms with E-state index in [1.807, 2.05) is 14.1 Å². The number of nitrogens with one attached hydrogen (secondary N) is 2. The molecule has 2 fully saturated rings. The highest BCUT2D eigenvalue weighted by Gasteiger charge is 2.61. The first kappa shape index (κ1) is 24.7. The van der Waals surface area contributed by atoms with Crippen LogP contribution in [-0.2, 0) is 16.6 Å². The molecule has 0 aromatic heterocycles. The lowest BCUT2D eigenvalue weighted by Gasteiger charge is -2.61. The predicted octanol–water partition coefficient (Wildman–Crippen LogP) is 5.54. The second kappa shape index (κ2) is 9.00. The van der Waals surface area contributed by atoms with Crippen LogP contribution in [0.2, 0.25) is 0 Å². The summed E-state index contributed by atoms with van der Waals surface area (Å²) in [6.45, 7) is 13.3. The number of benzene rings is 1. The maximum Gasteiger partial charge on any atom is 0.328 e. The van der Waals surface area contributed by atoms with Crippen molar-refractivity contribution in [3.63, 3.8) is 0 Å². The summed E-state index contributed by atoms with van der Waals surface area (Å²) < 4.78 is 5.93. The summed E-state index contributed by atoms with van der Waals surface area (Å²) in [6, 6.07) is 4.04. The first-order valence-electron chi connectivity index (χ1n) is 13.2. The largest absolute Gasteiger partial charge is 0.425 e. The van der Waals surface area contributed by atoms with Gasteiger partial charge in [-0.15, -0.1) is 0 Å². The number of carbonyl (C=O) groups excluding carboxylic acids is 1. The molecule has 0 radical (unpaired) electrons. The number of rotatable bonds is 7. The van der Waals surface area contributed by atoms with E-state index in [9.17, 15) is 4.79 Å². The fraction of sp³-hybridized carbons (Fsp3) is 0.759. The Labute approximate surface area is 201 Å². The molecule has 2 N–H and O–H groups in total. The van der Waals surface area contributed by atoms with Crippen molar-refractivity contribution in [2.75, 3.05) is 20.6 Å². The highest BCUT2D eigenvalue weighted by Crippen LogP contribution is 2.67. The lowest BCUT2D eigenvalue weighted by molar-refractivity contribution is -0.136. The van der Waals surface area contributed by atoms with Crippen LogP contribution in [0.5, 0.6) is 5.75 Å². The van der Waals surface area contributed by atoms with Gasteiger partial charge < -0.3 is 15.4 Å². The van der Waals surface area contributed by atoms with E-state index < -0.39 is 0 Å². The Kier molecular flexibility index (Phi) is 6.74. The second-order valence-electron chi connectivity index (χ2n) is 12.4. The SMILES string of the molecule is CNCCCC(NC)C(=O)Oc1cc(C)c2c(c1)C[C@H]1[C@@]2(C)CCC2C(C)(C)CCC[C@@]21C. The van der Waals surface area contributed by atoms with Crippen molar-refractivity contribution in [3.8, 4) is 5.75 Å². The van der Waals surface area contributed by atoms with Crippen molar-refractivity contribution >= 4 is 5.97 Å². The number of likely N-dealkylation sites (N-methyl/N-ethyl adjacent to an activating group) is 1. The highest BCUT2D eigenvalue weighted by atomic mass is 16.5. The molecule has 0 amide bonds. The molecule has 184 valence electrons. The van der Waals surface area contributed by atoms with Gasteiger partial charge in [-0.25, -0.2) is 4.79 Å². The topological polar surface area (TPSA) is 50.4 Å². The molecule has 4 rings (SSSR count). The van der Waals surface area contributed by atoms with Gasteiger partial charge in [0.1, 0.15) is 11.8 Å². The smallest absolute Gasteiger partial charge is 0.328 e. The van der Waals surface area contributed by atoms with Crippen LogP contribution < -0.4 is 15.4 Å². The zero-order chi connectivity index (χ0) is 24.0. The van der Waals surface area contributed by atoms with Gasteiger partial charge in [0.15, 0.2) is 0 Å². The van der Waals surface area contributed by atoms with Crippen molar-refractivity contribution in [3.05, 3.63) is 28.8 Å². The van der Waals surface area contributed by atoms with Gasteiger partial charge in [0.2, 0.25) is 0 Å². The Morgan fingerprint density at radius 1 is 1.12 bits per heavy atom. The van der Waals surface area contributed by atoms with Crippen molar-refractivity contribution in [1.82, 2.24) is 10.6 Å². The summed E-state index contributed by atoms with van der Waals surface area (Å²) in [5.41, 5.74) is 5.34. The summed E-state index contributed by atoms with van der Waals surface area (Å²) in [5.74, 6) is 2.03. The number of fused-ring (bicyclic) bond motifs is 5. The highest BCUT2D eigenvalue weighted by molar-refractivity contribution is 5.78. The lowest BCUT2D eigenvalue weighted by atomic mass is 9.43. The Bertz CT molecular complexity index is 894. The molecule has 3 aliphatic rings. The van der Waals surface area contributed by atoms with Crippen LogP contribution in [0.4, 0.5) is 0 Å². The predicted molar refractivity (Wildman–Crippen MR) is 136 cm³/mol. The molecule has 2 saturated carbocycles. The number of carbonyl (C=O) groups is 1. The zero-order valence-corrected chi connectivity index (χ0v) is 22.1. The van der Waals surface area contributed by atoms with E-state index in [2.05, 4.69) is 57.4 Å². The molecule has 0 aliphatic heterocycles. The normalized spacial score (nSPS) is 33.1. The average Bonchev–Trinajstić information content (AvgIpc) is 3.04. The minimum atomic E-state index is -0.267. The van der Waals surface area contributed by atoms with Crippen LogP contribution in [0.15, 0.2) is 12.1 Å². The Morgan fingerprint density at radius 3 is 2.58 bits per heavy atom. The van der Waals surface area contributed by atoms with Gasteiger partial charge in [-0.2, -0.15) is 0 Å². The molecule has 0 saturated heterocycles. The summed E-state index contributed by atoms with van der Waals surface area (Å²) in [7, 11) is 3.78. The zero-order valence-electron chi connectivity index (χ0n) is 22.1. The molecular weight excluding hydrogens is 408 g/mol. The van der Waals surface area contributed by atoms with E-state index in [0.29, 0.717) is 16.7 Å². The van der Waals surface area contributed by atoms with Crippen LogP contribution in [-0.4, -0.2) is 32.7 Å². The van der Waals surface area contributed by atoms with Gasteiger partial charge in [0.05, 0.1) is 0 Å². The van der Waals surface area contributed by atoms with Gasteiger partial charge >= 0.3 is 5.97 Å². The molecule has 4 nitrogen and oxygen atoms in total. The van der Waals surface area contributed by atoms with E-state index in [4.69, 9.17) is 4.74 Å². The first-order valence-corrected chi connectivity index (χ1v) is 13.2. The number of hydrogen-bond acceptors (Lipinski definition) is 4. The van der Waals surface area contributed by atoms with E-state index >= 15 is 0 Å². The molecule has 2 unspecified atom stereocenters. The van der Waals surface area contributed by atoms with Crippen molar-refractivity contribution in [2.45, 2.75) is 97.4 Å². The maximum atomic E-state index is 12.9. The van der Waals surface area contributed by atoms with Crippen LogP contribution in [0.3, 0.4) is 0 Å². The maximum absolute atomic E-state index is 12.9. The molecule has 0 heterocycles. The van der Waals surface area contributed by atoms with E-state index in [0.717, 1.165) is 37.5 Å². The average molecular weight is 455 g/mol. The van der Waals surface area contributed by atoms with Gasteiger partial charge in [0, 0.05) is 0 Å². The van der Waals surface area contributed by atoms with E-state index in [-0.39, 0.29) is 17.4 Å². The third-order valence-corrected chi connectivity index (χ3v) is 9.95. The van der Waals surface area contributed by atoms with Crippen molar-refractivity contribution < 1.29 is 9.53 Å². The van der Waals surface area contributed by atoms with Gasteiger partial charge in [-0.05, 0) is 129 Å². The molecular formula is C29H46N2O2. The van der Waals surface area contributed by atoms with E-state index in [1.54, 1.807) is 5.56 Å². The van der Waals surface area contributed by atoms with Crippen LogP contribution in [0, 0.1) is 29.6 Å². The number of ether oxygens (including phenoxy) is 1. The molecule has 4 heteroatoms. The Morgan fingerprint density at radius 2 is 1.88 bits per heavy atom. The number of aryl methyl sites for hydroxylation is 1. The quantitative estimate of drug-likeness (QED) is 0.322. The molecule has 1 aromatic carbocycles. The van der Waals surface area contributed by atoms with Crippen molar-refractivity contribution in [1.29, 1.82) is 0 Å². The molecule has 5 atom stereocenters. The Balaban J connectivity index is 1.59. The van der Waals surface area contributed by atoms with Crippen LogP contribution in [0.1, 0.15) is 89.3 Å². The van der Waals surface area contributed by atoms with Crippen LogP contribution in [0.25, 0.3) is 0 Å². The minimum absolute atomic E-state index is 0.171. The molecule has 0 spiro atoms. The third kappa shape index (κ3) is 4.16. The minimum Gasteiger partial charge on any atom is -0.425 e. The monoisotopic (exact) mass is 454 g/mol. The summed E-state index contributed by atoms with van der Waals surface area (Å²) in [5, 5.41) is 6.28. The lowest BCUT2D eigenvalue weighted by Crippen LogP contribution is -2.55. The summed E-state index contributed by atoms with van der Waals surface area (Å²) >= 11 is 0. The first-order chi connectivity index (χ1) is 15.6. The summed E-state index contributed by atoms with van der Waals surface area (Å²) in [4.78, 5) is 12.9. The standard InChI is InChI=1S/C29H46N2O2/c1-19-16-21(33-26(32)22(31-7)10-8-15-30-6)17-20-18-24-28(4)13-9-12-27(2,3)23(28)11-14-29(24,5)25(19)20/h16-17,22-24,30-31H,8-15,18H2,1-7H3/t22?,23?,24-,28+,29-/m1/s1. The van der Waals surface area contributed by atoms with Gasteiger partial charge in [-0.1, -0.05) is 34.1 Å². The van der Waals surface area contributed by atoms with Gasteiger partial charge in [0.25, 0.3) is 0 Å². The molecule has 0 bridgehead atoms. The number of hydrogen-bond donors (Lipinski definition) is 2. The molecule has 3 aliphatic carbocycles. The number of esters is 1. The Hall–Kier alpha value is -1.39. The van der Waals surface area contributed by atoms with Gasteiger partial charge in [-0.3, -0.25) is 0 Å². The van der Waals surface area contributed by atoms with Crippen LogP contribution >= 0.6 is 0 Å². The second-order valence-corrected chi connectivity index (χ2v) is 12.4. The third-order valence-electron chi connectivity index (χ3n) is 9.95. The fourth-order valence-electron chi connectivity index (χ4n) is 8.54. The molecule has 33 heavy (non-hydrogen) atoms. The molecule has 1 aromatic rings. The van der Waals surface area contributed by atoms with Crippen molar-refractivity contribution in [2.24, 2.45) is 22.7 Å². The van der Waals surface area contributed by atoms with E-state index in [1.165, 1.54) is 43.2 Å². The summed E-state index contributed by atoms with van der Waals surface area (Å²) in [6.07, 6.45) is 9.52. The fourth-order valence-corrected chi connectivity index (χ4v) is 8.54.